The van der Waals surface area contributed by atoms with Gasteiger partial charge in [-0.2, -0.15) is 5.10 Å². The summed E-state index contributed by atoms with van der Waals surface area (Å²) >= 11 is 1.79. The van der Waals surface area contributed by atoms with E-state index in [0.717, 1.165) is 30.2 Å². The Hall–Kier alpha value is -2.92. The third-order valence-electron chi connectivity index (χ3n) is 4.94. The smallest absolute Gasteiger partial charge is 0.190 e. The number of para-hydroxylation sites is 1. The summed E-state index contributed by atoms with van der Waals surface area (Å²) in [6.07, 6.45) is 9.03. The number of benzene rings is 2. The van der Waals surface area contributed by atoms with Gasteiger partial charge in [-0.15, -0.1) is 11.3 Å². The van der Waals surface area contributed by atoms with Crippen molar-refractivity contribution >= 4 is 22.2 Å². The second-order valence-corrected chi connectivity index (χ2v) is 7.88. The van der Waals surface area contributed by atoms with Crippen molar-refractivity contribution in [3.05, 3.63) is 89.2 Å². The monoisotopic (exact) mass is 372 g/mol. The largest absolute Gasteiger partial charge is 0.318 e. The number of hydrogen-bond donors (Lipinski definition) is 0. The first-order chi connectivity index (χ1) is 13.4. The average molecular weight is 372 g/mol. The van der Waals surface area contributed by atoms with Crippen molar-refractivity contribution in [2.24, 2.45) is 0 Å². The molecule has 27 heavy (non-hydrogen) atoms. The molecule has 5 heteroatoms. The molecule has 0 spiro atoms. The van der Waals surface area contributed by atoms with Crippen molar-refractivity contribution in [3.63, 3.8) is 0 Å². The number of aryl methyl sites for hydroxylation is 1. The van der Waals surface area contributed by atoms with E-state index in [1.165, 1.54) is 28.1 Å². The van der Waals surface area contributed by atoms with Crippen molar-refractivity contribution in [2.75, 3.05) is 11.4 Å². The van der Waals surface area contributed by atoms with Gasteiger partial charge in [-0.05, 0) is 48.2 Å². The molecular formula is C22H20N4S. The first kappa shape index (κ1) is 16.3. The van der Waals surface area contributed by atoms with E-state index in [9.17, 15) is 0 Å². The maximum atomic E-state index is 4.73. The molecule has 3 heterocycles. The van der Waals surface area contributed by atoms with Crippen LogP contribution in [-0.2, 0) is 12.8 Å². The Morgan fingerprint density at radius 1 is 1.04 bits per heavy atom. The molecule has 1 aliphatic rings. The van der Waals surface area contributed by atoms with Gasteiger partial charge in [0.25, 0.3) is 0 Å². The zero-order valence-corrected chi connectivity index (χ0v) is 15.8. The van der Waals surface area contributed by atoms with Gasteiger partial charge in [-0.25, -0.2) is 9.67 Å². The van der Waals surface area contributed by atoms with Gasteiger partial charge in [0, 0.05) is 42.1 Å². The molecule has 0 radical (unpaired) electrons. The fourth-order valence-corrected chi connectivity index (χ4v) is 4.65. The molecule has 0 amide bonds. The van der Waals surface area contributed by atoms with Crippen LogP contribution in [0, 0.1) is 0 Å². The maximum absolute atomic E-state index is 4.73. The van der Waals surface area contributed by atoms with Crippen LogP contribution in [0.15, 0.2) is 73.2 Å². The first-order valence-corrected chi connectivity index (χ1v) is 10.1. The molecule has 0 bridgehead atoms. The lowest BCUT2D eigenvalue weighted by Gasteiger charge is -2.28. The van der Waals surface area contributed by atoms with Crippen molar-refractivity contribution in [2.45, 2.75) is 19.3 Å². The average Bonchev–Trinajstić information content (AvgIpc) is 3.40. The third kappa shape index (κ3) is 3.26. The minimum Gasteiger partial charge on any atom is -0.318 e. The Bertz CT molecular complexity index is 1050. The number of nitrogens with zero attached hydrogens (tertiary/aromatic N) is 4. The minimum atomic E-state index is 0.891. The summed E-state index contributed by atoms with van der Waals surface area (Å²) in [5.41, 5.74) is 5.10. The molecule has 0 aliphatic carbocycles. The molecule has 4 nitrogen and oxygen atoms in total. The standard InChI is InChI=1S/C22H20N4S/c1-2-10-21-18(7-1)8-4-12-25(21)22-23-16-20(27-22)15-17-6-3-9-19(14-17)26-13-5-11-24-26/h1-3,5-7,9-11,13-14,16H,4,8,12,15H2. The summed E-state index contributed by atoms with van der Waals surface area (Å²) in [6, 6.07) is 19.2. The van der Waals surface area contributed by atoms with Crippen molar-refractivity contribution in [1.82, 2.24) is 14.8 Å². The lowest BCUT2D eigenvalue weighted by atomic mass is 10.0. The van der Waals surface area contributed by atoms with Crippen LogP contribution in [0.5, 0.6) is 0 Å². The fraction of sp³-hybridized carbons (Fsp3) is 0.182. The summed E-state index contributed by atoms with van der Waals surface area (Å²) in [6.45, 7) is 1.04. The van der Waals surface area contributed by atoms with Crippen LogP contribution in [0.1, 0.15) is 22.4 Å². The number of hydrogen-bond acceptors (Lipinski definition) is 4. The molecule has 0 N–H and O–H groups in total. The number of thiazole rings is 1. The van der Waals surface area contributed by atoms with Crippen LogP contribution in [0.2, 0.25) is 0 Å². The number of rotatable bonds is 4. The Morgan fingerprint density at radius 2 is 2.00 bits per heavy atom. The van der Waals surface area contributed by atoms with Gasteiger partial charge < -0.3 is 4.90 Å². The predicted octanol–water partition coefficient (Wildman–Crippen LogP) is 5.00. The Kier molecular flexibility index (Phi) is 4.22. The third-order valence-corrected chi connectivity index (χ3v) is 5.96. The van der Waals surface area contributed by atoms with E-state index < -0.39 is 0 Å². The van der Waals surface area contributed by atoms with E-state index in [2.05, 4.69) is 58.5 Å². The van der Waals surface area contributed by atoms with Crippen LogP contribution >= 0.6 is 11.3 Å². The van der Waals surface area contributed by atoms with E-state index >= 15 is 0 Å². The summed E-state index contributed by atoms with van der Waals surface area (Å²) in [7, 11) is 0. The molecule has 2 aromatic carbocycles. The second kappa shape index (κ2) is 7.00. The Balaban J connectivity index is 1.39. The van der Waals surface area contributed by atoms with Gasteiger partial charge in [0.05, 0.1) is 5.69 Å². The summed E-state index contributed by atoms with van der Waals surface area (Å²) in [4.78, 5) is 8.39. The highest BCUT2D eigenvalue weighted by Gasteiger charge is 2.20. The minimum absolute atomic E-state index is 0.891. The maximum Gasteiger partial charge on any atom is 0.190 e. The van der Waals surface area contributed by atoms with Gasteiger partial charge in [0.1, 0.15) is 0 Å². The van der Waals surface area contributed by atoms with E-state index in [1.807, 2.05) is 23.1 Å². The van der Waals surface area contributed by atoms with Crippen LogP contribution in [0.25, 0.3) is 5.69 Å². The van der Waals surface area contributed by atoms with E-state index in [0.29, 0.717) is 0 Å². The molecule has 0 fully saturated rings. The normalized spacial score (nSPS) is 13.6. The van der Waals surface area contributed by atoms with Crippen molar-refractivity contribution in [1.29, 1.82) is 0 Å². The number of anilines is 2. The molecule has 5 rings (SSSR count). The van der Waals surface area contributed by atoms with Crippen molar-refractivity contribution < 1.29 is 0 Å². The molecular weight excluding hydrogens is 352 g/mol. The van der Waals surface area contributed by atoms with E-state index in [-0.39, 0.29) is 0 Å². The van der Waals surface area contributed by atoms with Gasteiger partial charge >= 0.3 is 0 Å². The molecule has 134 valence electrons. The van der Waals surface area contributed by atoms with E-state index in [4.69, 9.17) is 4.98 Å². The fourth-order valence-electron chi connectivity index (χ4n) is 3.67. The van der Waals surface area contributed by atoms with E-state index in [1.54, 1.807) is 17.5 Å². The summed E-state index contributed by atoms with van der Waals surface area (Å²) in [5, 5.41) is 5.42. The zero-order chi connectivity index (χ0) is 18.1. The highest BCUT2D eigenvalue weighted by atomic mass is 32.1. The van der Waals surface area contributed by atoms with Crippen LogP contribution in [0.3, 0.4) is 0 Å². The molecule has 0 atom stereocenters. The first-order valence-electron chi connectivity index (χ1n) is 9.26. The summed E-state index contributed by atoms with van der Waals surface area (Å²) in [5.74, 6) is 0. The lowest BCUT2D eigenvalue weighted by molar-refractivity contribution is 0.765. The number of fused-ring (bicyclic) bond motifs is 1. The highest BCUT2D eigenvalue weighted by molar-refractivity contribution is 7.15. The SMILES string of the molecule is c1cc(Cc2cnc(N3CCCc4ccccc43)s2)cc(-n2cccn2)c1. The van der Waals surface area contributed by atoms with Crippen LogP contribution in [0.4, 0.5) is 10.8 Å². The highest BCUT2D eigenvalue weighted by Crippen LogP contribution is 2.36. The molecule has 4 aromatic rings. The Labute approximate surface area is 162 Å². The van der Waals surface area contributed by atoms with Gasteiger partial charge in [0.15, 0.2) is 5.13 Å². The summed E-state index contributed by atoms with van der Waals surface area (Å²) < 4.78 is 1.90. The zero-order valence-electron chi connectivity index (χ0n) is 15.0. The molecule has 0 saturated heterocycles. The topological polar surface area (TPSA) is 34.0 Å². The van der Waals surface area contributed by atoms with Crippen molar-refractivity contribution in [3.8, 4) is 5.69 Å². The molecule has 2 aromatic heterocycles. The Morgan fingerprint density at radius 3 is 2.93 bits per heavy atom. The van der Waals surface area contributed by atoms with Gasteiger partial charge in [-0.1, -0.05) is 30.3 Å². The quantitative estimate of drug-likeness (QED) is 0.505. The molecule has 0 unspecified atom stereocenters. The van der Waals surface area contributed by atoms with Crippen LogP contribution in [-0.4, -0.2) is 21.3 Å². The van der Waals surface area contributed by atoms with Gasteiger partial charge in [-0.3, -0.25) is 0 Å². The second-order valence-electron chi connectivity index (χ2n) is 6.79. The molecule has 0 saturated carbocycles. The van der Waals surface area contributed by atoms with Gasteiger partial charge in [0.2, 0.25) is 0 Å². The number of aromatic nitrogens is 3. The predicted molar refractivity (Wildman–Crippen MR) is 110 cm³/mol. The van der Waals surface area contributed by atoms with Crippen LogP contribution < -0.4 is 4.90 Å². The molecule has 1 aliphatic heterocycles. The lowest BCUT2D eigenvalue weighted by Crippen LogP contribution is -2.24.